The van der Waals surface area contributed by atoms with Crippen LogP contribution >= 0.6 is 0 Å². The largest absolute Gasteiger partial charge is 0.444 e. The molecule has 1 saturated carbocycles. The quantitative estimate of drug-likeness (QED) is 0.451. The molecule has 200 valence electrons. The number of carbonyl (C=O) groups is 4. The van der Waals surface area contributed by atoms with Gasteiger partial charge in [-0.3, -0.25) is 14.4 Å². The SMILES string of the molecule is Cc1ccc(C)c(C(C(=O)NC(C)C)N(C(=O)C(CCC(N)=O)NC(=O)OC(C)(C)C)C2CCC2)c1. The van der Waals surface area contributed by atoms with Crippen LogP contribution in [0.1, 0.15) is 89.5 Å². The molecule has 0 spiro atoms. The fourth-order valence-electron chi connectivity index (χ4n) is 4.19. The van der Waals surface area contributed by atoms with Crippen LogP contribution in [0.3, 0.4) is 0 Å². The van der Waals surface area contributed by atoms with Gasteiger partial charge >= 0.3 is 6.09 Å². The van der Waals surface area contributed by atoms with Crippen molar-refractivity contribution in [2.24, 2.45) is 5.73 Å². The van der Waals surface area contributed by atoms with E-state index in [9.17, 15) is 19.2 Å². The lowest BCUT2D eigenvalue weighted by atomic mass is 9.86. The second-order valence-corrected chi connectivity index (χ2v) is 11.0. The van der Waals surface area contributed by atoms with E-state index in [1.807, 2.05) is 45.9 Å². The van der Waals surface area contributed by atoms with Crippen molar-refractivity contribution in [2.75, 3.05) is 0 Å². The van der Waals surface area contributed by atoms with Crippen LogP contribution in [0.2, 0.25) is 0 Å². The highest BCUT2D eigenvalue weighted by Gasteiger charge is 2.42. The Morgan fingerprint density at radius 2 is 1.75 bits per heavy atom. The van der Waals surface area contributed by atoms with Crippen molar-refractivity contribution >= 4 is 23.8 Å². The van der Waals surface area contributed by atoms with E-state index in [2.05, 4.69) is 10.6 Å². The van der Waals surface area contributed by atoms with Gasteiger partial charge in [-0.15, -0.1) is 0 Å². The van der Waals surface area contributed by atoms with Gasteiger partial charge in [0.2, 0.25) is 17.7 Å². The third kappa shape index (κ3) is 8.24. The molecule has 4 N–H and O–H groups in total. The molecular weight excluding hydrogens is 460 g/mol. The molecule has 0 bridgehead atoms. The normalized spacial score (nSPS) is 15.4. The van der Waals surface area contributed by atoms with Crippen LogP contribution in [0.4, 0.5) is 4.79 Å². The summed E-state index contributed by atoms with van der Waals surface area (Å²) in [6.45, 7) is 12.8. The minimum Gasteiger partial charge on any atom is -0.444 e. The lowest BCUT2D eigenvalue weighted by molar-refractivity contribution is -0.148. The maximum atomic E-state index is 14.1. The summed E-state index contributed by atoms with van der Waals surface area (Å²) in [7, 11) is 0. The van der Waals surface area contributed by atoms with Crippen molar-refractivity contribution in [3.8, 4) is 0 Å². The van der Waals surface area contributed by atoms with Crippen molar-refractivity contribution in [1.29, 1.82) is 0 Å². The van der Waals surface area contributed by atoms with E-state index in [1.54, 1.807) is 25.7 Å². The predicted molar refractivity (Wildman–Crippen MR) is 138 cm³/mol. The van der Waals surface area contributed by atoms with Gasteiger partial charge in [0.25, 0.3) is 0 Å². The first-order valence-electron chi connectivity index (χ1n) is 12.7. The number of amides is 4. The van der Waals surface area contributed by atoms with Crippen molar-refractivity contribution in [3.63, 3.8) is 0 Å². The molecule has 1 aliphatic carbocycles. The average Bonchev–Trinajstić information content (AvgIpc) is 2.69. The number of hydrogen-bond acceptors (Lipinski definition) is 5. The zero-order valence-electron chi connectivity index (χ0n) is 22.6. The monoisotopic (exact) mass is 502 g/mol. The lowest BCUT2D eigenvalue weighted by Crippen LogP contribution is -2.58. The molecule has 0 radical (unpaired) electrons. The Bertz CT molecular complexity index is 965. The van der Waals surface area contributed by atoms with E-state index in [0.29, 0.717) is 0 Å². The predicted octanol–water partition coefficient (Wildman–Crippen LogP) is 3.41. The van der Waals surface area contributed by atoms with Gasteiger partial charge in [0.15, 0.2) is 0 Å². The molecule has 1 aliphatic rings. The van der Waals surface area contributed by atoms with E-state index < -0.39 is 35.6 Å². The van der Waals surface area contributed by atoms with Crippen LogP contribution in [0.25, 0.3) is 0 Å². The summed E-state index contributed by atoms with van der Waals surface area (Å²) >= 11 is 0. The smallest absolute Gasteiger partial charge is 0.408 e. The maximum absolute atomic E-state index is 14.1. The molecule has 1 aromatic carbocycles. The number of ether oxygens (including phenoxy) is 1. The molecule has 0 aliphatic heterocycles. The number of aryl methyl sites for hydroxylation is 2. The van der Waals surface area contributed by atoms with Gasteiger partial charge in [-0.25, -0.2) is 4.79 Å². The Labute approximate surface area is 214 Å². The molecule has 0 heterocycles. The fraction of sp³-hybridized carbons (Fsp3) is 0.630. The molecule has 0 saturated heterocycles. The summed E-state index contributed by atoms with van der Waals surface area (Å²) in [6.07, 6.45) is 1.56. The Morgan fingerprint density at radius 1 is 1.11 bits per heavy atom. The molecule has 36 heavy (non-hydrogen) atoms. The number of nitrogens with two attached hydrogens (primary N) is 1. The summed E-state index contributed by atoms with van der Waals surface area (Å²) in [5.41, 5.74) is 7.18. The van der Waals surface area contributed by atoms with E-state index in [0.717, 1.165) is 36.0 Å². The number of rotatable bonds is 10. The standard InChI is InChI=1S/C27H42N4O5/c1-16(2)29-24(33)23(20-15-17(3)11-12-18(20)4)31(19-9-8-10-19)25(34)21(13-14-22(28)32)30-26(35)36-27(5,6)7/h11-12,15-16,19,21,23H,8-10,13-14H2,1-7H3,(H2,28,32)(H,29,33)(H,30,35). The zero-order chi connectivity index (χ0) is 27.2. The molecular formula is C27H42N4O5. The number of nitrogens with one attached hydrogen (secondary N) is 2. The molecule has 2 unspecified atom stereocenters. The van der Waals surface area contributed by atoms with Crippen LogP contribution in [-0.2, 0) is 19.1 Å². The van der Waals surface area contributed by atoms with Crippen LogP contribution in [0.5, 0.6) is 0 Å². The second-order valence-electron chi connectivity index (χ2n) is 11.0. The number of benzene rings is 1. The fourth-order valence-corrected chi connectivity index (χ4v) is 4.19. The maximum Gasteiger partial charge on any atom is 0.408 e. The van der Waals surface area contributed by atoms with Gasteiger partial charge < -0.3 is 26.0 Å². The molecule has 4 amide bonds. The Morgan fingerprint density at radius 3 is 2.25 bits per heavy atom. The van der Waals surface area contributed by atoms with Gasteiger partial charge in [-0.2, -0.15) is 0 Å². The van der Waals surface area contributed by atoms with Crippen LogP contribution in [0, 0.1) is 13.8 Å². The summed E-state index contributed by atoms with van der Waals surface area (Å²) in [6, 6.07) is 3.57. The minimum atomic E-state index is -1.08. The highest BCUT2D eigenvalue weighted by atomic mass is 16.6. The van der Waals surface area contributed by atoms with Gasteiger partial charge in [0.1, 0.15) is 17.7 Å². The Balaban J connectivity index is 2.54. The topological polar surface area (TPSA) is 131 Å². The highest BCUT2D eigenvalue weighted by Crippen LogP contribution is 2.35. The first-order chi connectivity index (χ1) is 16.7. The number of hydrogen-bond donors (Lipinski definition) is 3. The van der Waals surface area contributed by atoms with E-state index >= 15 is 0 Å². The van der Waals surface area contributed by atoms with E-state index in [-0.39, 0.29) is 30.8 Å². The Kier molecular flexibility index (Phi) is 9.90. The van der Waals surface area contributed by atoms with Gasteiger partial charge in [0.05, 0.1) is 0 Å². The summed E-state index contributed by atoms with van der Waals surface area (Å²) in [5.74, 6) is -1.31. The first-order valence-corrected chi connectivity index (χ1v) is 12.7. The van der Waals surface area contributed by atoms with Gasteiger partial charge in [-0.05, 0) is 85.3 Å². The zero-order valence-corrected chi connectivity index (χ0v) is 22.6. The highest BCUT2D eigenvalue weighted by molar-refractivity contribution is 5.93. The van der Waals surface area contributed by atoms with Crippen molar-refractivity contribution in [1.82, 2.24) is 15.5 Å². The molecule has 0 aromatic heterocycles. The Hall–Kier alpha value is -3.10. The minimum absolute atomic E-state index is 0.00193. The van der Waals surface area contributed by atoms with Crippen molar-refractivity contribution < 1.29 is 23.9 Å². The summed E-state index contributed by atoms with van der Waals surface area (Å²) in [5, 5.41) is 5.60. The number of primary amides is 1. The van der Waals surface area contributed by atoms with Crippen molar-refractivity contribution in [2.45, 2.75) is 110 Å². The van der Waals surface area contributed by atoms with Crippen LogP contribution in [0.15, 0.2) is 18.2 Å². The summed E-state index contributed by atoms with van der Waals surface area (Å²) < 4.78 is 5.37. The molecule has 9 nitrogen and oxygen atoms in total. The third-order valence-corrected chi connectivity index (χ3v) is 6.08. The summed E-state index contributed by atoms with van der Waals surface area (Å²) in [4.78, 5) is 53.5. The number of alkyl carbamates (subject to hydrolysis) is 1. The van der Waals surface area contributed by atoms with E-state index in [1.165, 1.54) is 0 Å². The molecule has 1 aromatic rings. The van der Waals surface area contributed by atoms with Crippen LogP contribution < -0.4 is 16.4 Å². The molecule has 9 heteroatoms. The van der Waals surface area contributed by atoms with Crippen molar-refractivity contribution in [3.05, 3.63) is 34.9 Å². The third-order valence-electron chi connectivity index (χ3n) is 6.08. The van der Waals surface area contributed by atoms with E-state index in [4.69, 9.17) is 10.5 Å². The molecule has 2 rings (SSSR count). The van der Waals surface area contributed by atoms with Gasteiger partial charge in [-0.1, -0.05) is 23.8 Å². The second kappa shape index (κ2) is 12.2. The number of carbonyl (C=O) groups excluding carboxylic acids is 4. The lowest BCUT2D eigenvalue weighted by Gasteiger charge is -2.44. The average molecular weight is 503 g/mol. The number of nitrogens with zero attached hydrogens (tertiary/aromatic N) is 1. The van der Waals surface area contributed by atoms with Crippen LogP contribution in [-0.4, -0.2) is 52.4 Å². The molecule has 1 fully saturated rings. The molecule has 2 atom stereocenters. The van der Waals surface area contributed by atoms with Gasteiger partial charge in [0, 0.05) is 18.5 Å². The first kappa shape index (κ1) is 29.1.